The Bertz CT molecular complexity index is 621. The zero-order valence-corrected chi connectivity index (χ0v) is 12.9. The topological polar surface area (TPSA) is 72.9 Å². The largest absolute Gasteiger partial charge is 0.395 e. The van der Waals surface area contributed by atoms with Crippen LogP contribution in [0.15, 0.2) is 24.3 Å². The van der Waals surface area contributed by atoms with Crippen molar-refractivity contribution >= 4 is 39.9 Å². The molecule has 1 aromatic heterocycles. The van der Waals surface area contributed by atoms with Crippen molar-refractivity contribution in [1.82, 2.24) is 9.78 Å². The molecule has 0 aliphatic heterocycles. The van der Waals surface area contributed by atoms with E-state index < -0.39 is 0 Å². The van der Waals surface area contributed by atoms with E-state index in [0.717, 1.165) is 15.0 Å². The molecule has 100 valence electrons. The van der Waals surface area contributed by atoms with E-state index in [9.17, 15) is 4.79 Å². The number of nitrogens with one attached hydrogen (secondary N) is 1. The van der Waals surface area contributed by atoms with Gasteiger partial charge in [-0.3, -0.25) is 9.48 Å². The number of nitrogens with two attached hydrogens (primary N) is 1. The Morgan fingerprint density at radius 3 is 2.84 bits per heavy atom. The first-order chi connectivity index (χ1) is 9.02. The Kier molecular flexibility index (Phi) is 4.08. The average molecular weight is 370 g/mol. The van der Waals surface area contributed by atoms with E-state index in [1.807, 2.05) is 31.2 Å². The third kappa shape index (κ3) is 2.89. The second-order valence-corrected chi connectivity index (χ2v) is 5.40. The van der Waals surface area contributed by atoms with Gasteiger partial charge < -0.3 is 11.1 Å². The highest BCUT2D eigenvalue weighted by atomic mass is 127. The Morgan fingerprint density at radius 2 is 2.26 bits per heavy atom. The van der Waals surface area contributed by atoms with Crippen LogP contribution in [-0.2, 0) is 13.5 Å². The zero-order valence-electron chi connectivity index (χ0n) is 10.8. The molecule has 0 saturated carbocycles. The van der Waals surface area contributed by atoms with Crippen molar-refractivity contribution in [3.05, 3.63) is 39.2 Å². The molecule has 0 radical (unpaired) electrons. The van der Waals surface area contributed by atoms with Crippen LogP contribution >= 0.6 is 22.6 Å². The predicted molar refractivity (Wildman–Crippen MR) is 84.1 cm³/mol. The quantitative estimate of drug-likeness (QED) is 0.816. The first-order valence-corrected chi connectivity index (χ1v) is 6.99. The Morgan fingerprint density at radius 1 is 1.53 bits per heavy atom. The fraction of sp³-hybridized carbons (Fsp3) is 0.231. The summed E-state index contributed by atoms with van der Waals surface area (Å²) in [5.41, 5.74) is 8.30. The van der Waals surface area contributed by atoms with Crippen molar-refractivity contribution in [2.45, 2.75) is 13.3 Å². The summed E-state index contributed by atoms with van der Waals surface area (Å²) in [6, 6.07) is 7.59. The Balaban J connectivity index is 2.28. The number of benzene rings is 1. The Hall–Kier alpha value is -1.57. The van der Waals surface area contributed by atoms with Crippen LogP contribution in [0.1, 0.15) is 23.1 Å². The number of hydrogen-bond donors (Lipinski definition) is 2. The molecule has 0 atom stereocenters. The molecule has 6 heteroatoms. The van der Waals surface area contributed by atoms with Crippen LogP contribution in [-0.4, -0.2) is 15.7 Å². The highest BCUT2D eigenvalue weighted by molar-refractivity contribution is 14.1. The van der Waals surface area contributed by atoms with Crippen LogP contribution in [0.4, 0.5) is 11.4 Å². The van der Waals surface area contributed by atoms with Crippen molar-refractivity contribution in [1.29, 1.82) is 0 Å². The van der Waals surface area contributed by atoms with Gasteiger partial charge in [0.05, 0.1) is 11.4 Å². The molecule has 0 unspecified atom stereocenters. The summed E-state index contributed by atoms with van der Waals surface area (Å²) in [5.74, 6) is -0.241. The Labute approximate surface area is 125 Å². The fourth-order valence-corrected chi connectivity index (χ4v) is 2.43. The molecule has 1 amide bonds. The van der Waals surface area contributed by atoms with Crippen molar-refractivity contribution in [2.24, 2.45) is 7.05 Å². The van der Waals surface area contributed by atoms with Gasteiger partial charge in [0, 0.05) is 16.3 Å². The lowest BCUT2D eigenvalue weighted by atomic mass is 10.2. The van der Waals surface area contributed by atoms with Gasteiger partial charge >= 0.3 is 0 Å². The SMILES string of the molecule is CCc1nn(C)c(C(=O)Nc2cccc(I)c2)c1N. The third-order valence-corrected chi connectivity index (χ3v) is 3.46. The van der Waals surface area contributed by atoms with Gasteiger partial charge in [-0.25, -0.2) is 0 Å². The van der Waals surface area contributed by atoms with Crippen LogP contribution in [0.2, 0.25) is 0 Å². The molecule has 2 aromatic rings. The van der Waals surface area contributed by atoms with Crippen LogP contribution in [0.5, 0.6) is 0 Å². The number of carbonyl (C=O) groups is 1. The van der Waals surface area contributed by atoms with Crippen molar-refractivity contribution in [3.8, 4) is 0 Å². The molecule has 0 spiro atoms. The number of hydrogen-bond acceptors (Lipinski definition) is 3. The number of halogens is 1. The maximum absolute atomic E-state index is 12.2. The second-order valence-electron chi connectivity index (χ2n) is 4.15. The van der Waals surface area contributed by atoms with E-state index in [-0.39, 0.29) is 5.91 Å². The van der Waals surface area contributed by atoms with E-state index in [4.69, 9.17) is 5.73 Å². The van der Waals surface area contributed by atoms with Crippen molar-refractivity contribution in [3.63, 3.8) is 0 Å². The number of nitrogen functional groups attached to an aromatic ring is 1. The highest BCUT2D eigenvalue weighted by Gasteiger charge is 2.19. The van der Waals surface area contributed by atoms with Gasteiger partial charge in [-0.1, -0.05) is 13.0 Å². The monoisotopic (exact) mass is 370 g/mol. The van der Waals surface area contributed by atoms with E-state index in [2.05, 4.69) is 33.0 Å². The minimum atomic E-state index is -0.241. The molecule has 1 heterocycles. The normalized spacial score (nSPS) is 10.5. The first kappa shape index (κ1) is 13.9. The van der Waals surface area contributed by atoms with E-state index >= 15 is 0 Å². The average Bonchev–Trinajstić information content (AvgIpc) is 2.64. The molecule has 0 saturated heterocycles. The summed E-state index contributed by atoms with van der Waals surface area (Å²) in [7, 11) is 1.72. The number of amides is 1. The van der Waals surface area contributed by atoms with Crippen molar-refractivity contribution < 1.29 is 4.79 Å². The summed E-state index contributed by atoms with van der Waals surface area (Å²) >= 11 is 2.20. The maximum atomic E-state index is 12.2. The van der Waals surface area contributed by atoms with Crippen LogP contribution in [0.25, 0.3) is 0 Å². The van der Waals surface area contributed by atoms with Crippen LogP contribution < -0.4 is 11.1 Å². The molecule has 19 heavy (non-hydrogen) atoms. The molecule has 5 nitrogen and oxygen atoms in total. The predicted octanol–water partition coefficient (Wildman–Crippen LogP) is 2.42. The van der Waals surface area contributed by atoms with Gasteiger partial charge in [-0.15, -0.1) is 0 Å². The summed E-state index contributed by atoms with van der Waals surface area (Å²) in [6.45, 7) is 1.96. The van der Waals surface area contributed by atoms with E-state index in [0.29, 0.717) is 17.8 Å². The number of carbonyl (C=O) groups excluding carboxylic acids is 1. The summed E-state index contributed by atoms with van der Waals surface area (Å²) in [5, 5.41) is 7.07. The van der Waals surface area contributed by atoms with Gasteiger partial charge in [-0.2, -0.15) is 5.10 Å². The highest BCUT2D eigenvalue weighted by Crippen LogP contribution is 2.19. The molecule has 0 fully saturated rings. The summed E-state index contributed by atoms with van der Waals surface area (Å²) < 4.78 is 2.58. The lowest BCUT2D eigenvalue weighted by molar-refractivity contribution is 0.101. The number of nitrogens with zero attached hydrogens (tertiary/aromatic N) is 2. The lowest BCUT2D eigenvalue weighted by Crippen LogP contribution is -2.17. The first-order valence-electron chi connectivity index (χ1n) is 5.91. The molecular weight excluding hydrogens is 355 g/mol. The smallest absolute Gasteiger partial charge is 0.276 e. The molecule has 1 aromatic carbocycles. The van der Waals surface area contributed by atoms with E-state index in [1.54, 1.807) is 7.05 Å². The van der Waals surface area contributed by atoms with Crippen molar-refractivity contribution in [2.75, 3.05) is 11.1 Å². The molecule has 2 rings (SSSR count). The molecule has 0 bridgehead atoms. The number of aromatic nitrogens is 2. The van der Waals surface area contributed by atoms with Gasteiger partial charge in [0.2, 0.25) is 0 Å². The molecule has 0 aliphatic carbocycles. The van der Waals surface area contributed by atoms with Gasteiger partial charge in [0.15, 0.2) is 0 Å². The van der Waals surface area contributed by atoms with Crippen LogP contribution in [0.3, 0.4) is 0 Å². The van der Waals surface area contributed by atoms with Gasteiger partial charge in [-0.05, 0) is 47.2 Å². The number of anilines is 2. The van der Waals surface area contributed by atoms with Gasteiger partial charge in [0.1, 0.15) is 5.69 Å². The maximum Gasteiger partial charge on any atom is 0.276 e. The third-order valence-electron chi connectivity index (χ3n) is 2.79. The zero-order chi connectivity index (χ0) is 14.0. The molecule has 3 N–H and O–H groups in total. The fourth-order valence-electron chi connectivity index (χ4n) is 1.88. The minimum absolute atomic E-state index is 0.241. The molecular formula is C13H15IN4O. The summed E-state index contributed by atoms with van der Waals surface area (Å²) in [4.78, 5) is 12.2. The van der Waals surface area contributed by atoms with Crippen LogP contribution in [0, 0.1) is 3.57 Å². The standard InChI is InChI=1S/C13H15IN4O/c1-3-10-11(15)12(18(2)17-10)13(19)16-9-6-4-5-8(14)7-9/h4-7H,3,15H2,1-2H3,(H,16,19). The van der Waals surface area contributed by atoms with E-state index in [1.165, 1.54) is 4.68 Å². The summed E-state index contributed by atoms with van der Waals surface area (Å²) in [6.07, 6.45) is 0.705. The minimum Gasteiger partial charge on any atom is -0.395 e. The second kappa shape index (κ2) is 5.60. The molecule has 0 aliphatic rings. The number of aryl methyl sites for hydroxylation is 2. The van der Waals surface area contributed by atoms with Gasteiger partial charge in [0.25, 0.3) is 5.91 Å². The lowest BCUT2D eigenvalue weighted by Gasteiger charge is -2.06. The number of rotatable bonds is 3.